The summed E-state index contributed by atoms with van der Waals surface area (Å²) in [5.41, 5.74) is 2.72. The number of halogens is 2. The standard InChI is InChI=1S/C41H43Cl2N3O8/c1-51-37-12-10-28(18-38(37)52-2)30(19-32-33(42)21-45(50)22-34(32)43)31-17-26(9-11-29(31)40(47)48)20-46(35-5-3-4-6-36(35)53-24-25-7-8-25)41(49)54-39-23-44-15-13-27(39)14-16-44/h3-6,9-12,17-18,21-22,25,27,30,39H,7-8,13-16,19-20,23-24H2,1-2H3,(H-,47,48,50)/t30-,39-/m0/s1. The molecule has 11 nitrogen and oxygen atoms in total. The molecule has 4 fully saturated rings. The van der Waals surface area contributed by atoms with Crippen LogP contribution in [0.2, 0.25) is 10.0 Å². The highest BCUT2D eigenvalue weighted by atomic mass is 35.5. The second-order valence-corrected chi connectivity index (χ2v) is 15.1. The number of anilines is 1. The van der Waals surface area contributed by atoms with Crippen molar-refractivity contribution in [3.8, 4) is 17.2 Å². The molecule has 1 amide bonds. The predicted molar refractivity (Wildman–Crippen MR) is 200 cm³/mol. The van der Waals surface area contributed by atoms with Crippen molar-refractivity contribution in [3.63, 3.8) is 0 Å². The number of pyridine rings is 1. The van der Waals surface area contributed by atoms with Crippen molar-refractivity contribution >= 4 is 41.0 Å². The van der Waals surface area contributed by atoms with Gasteiger partial charge >= 0.3 is 6.09 Å². The molecule has 0 unspecified atom stereocenters. The van der Waals surface area contributed by atoms with E-state index in [0.717, 1.165) is 43.5 Å². The van der Waals surface area contributed by atoms with Crippen molar-refractivity contribution < 1.29 is 43.6 Å². The van der Waals surface area contributed by atoms with E-state index in [1.165, 1.54) is 32.7 Å². The van der Waals surface area contributed by atoms with Crippen molar-refractivity contribution in [2.24, 2.45) is 11.8 Å². The van der Waals surface area contributed by atoms with Crippen molar-refractivity contribution in [1.82, 2.24) is 4.90 Å². The maximum absolute atomic E-state index is 14.3. The summed E-state index contributed by atoms with van der Waals surface area (Å²) in [4.78, 5) is 31.0. The van der Waals surface area contributed by atoms with Gasteiger partial charge in [0, 0.05) is 28.3 Å². The Hall–Kier alpha value is -4.71. The lowest BCUT2D eigenvalue weighted by Gasteiger charge is -2.44. The third-order valence-corrected chi connectivity index (χ3v) is 11.4. The molecule has 54 heavy (non-hydrogen) atoms. The topological polar surface area (TPSA) is 125 Å². The first-order chi connectivity index (χ1) is 26.1. The summed E-state index contributed by atoms with van der Waals surface area (Å²) < 4.78 is 24.4. The van der Waals surface area contributed by atoms with Crippen LogP contribution in [0.5, 0.6) is 17.2 Å². The Bertz CT molecular complexity index is 1990. The molecular formula is C41H43Cl2N3O8. The third kappa shape index (κ3) is 8.33. The van der Waals surface area contributed by atoms with Gasteiger partial charge in [-0.15, -0.1) is 0 Å². The van der Waals surface area contributed by atoms with Gasteiger partial charge in [-0.1, -0.05) is 59.6 Å². The van der Waals surface area contributed by atoms with Crippen LogP contribution in [-0.2, 0) is 17.7 Å². The summed E-state index contributed by atoms with van der Waals surface area (Å²) in [5, 5.41) is 23.2. The number of rotatable bonds is 14. The molecule has 0 radical (unpaired) electrons. The van der Waals surface area contributed by atoms with Crippen LogP contribution in [0.15, 0.2) is 73.1 Å². The van der Waals surface area contributed by atoms with Crippen LogP contribution in [0.4, 0.5) is 10.5 Å². The molecule has 1 aromatic heterocycles. The predicted octanol–water partition coefficient (Wildman–Crippen LogP) is 6.30. The van der Waals surface area contributed by atoms with Crippen molar-refractivity contribution in [2.45, 2.75) is 50.7 Å². The molecule has 8 rings (SSSR count). The summed E-state index contributed by atoms with van der Waals surface area (Å²) in [6, 6.07) is 17.7. The molecular weight excluding hydrogens is 733 g/mol. The van der Waals surface area contributed by atoms with Gasteiger partial charge in [0.15, 0.2) is 11.5 Å². The number of carbonyl (C=O) groups excluding carboxylic acids is 2. The lowest BCUT2D eigenvalue weighted by atomic mass is 9.82. The quantitative estimate of drug-likeness (QED) is 0.116. The van der Waals surface area contributed by atoms with E-state index in [1.54, 1.807) is 29.2 Å². The van der Waals surface area contributed by atoms with Crippen LogP contribution in [0.1, 0.15) is 64.2 Å². The van der Waals surface area contributed by atoms with Crippen molar-refractivity contribution in [1.29, 1.82) is 0 Å². The summed E-state index contributed by atoms with van der Waals surface area (Å²) in [6.45, 7) is 3.32. The van der Waals surface area contributed by atoms with Gasteiger partial charge in [-0.25, -0.2) is 4.79 Å². The molecule has 4 aliphatic rings. The normalized spacial score (nSPS) is 19.5. The van der Waals surface area contributed by atoms with E-state index in [4.69, 9.17) is 42.1 Å². The molecule has 13 heteroatoms. The Morgan fingerprint density at radius 1 is 0.944 bits per heavy atom. The number of ether oxygens (including phenoxy) is 4. The Morgan fingerprint density at radius 3 is 2.31 bits per heavy atom. The average Bonchev–Trinajstić information content (AvgIpc) is 4.01. The molecule has 2 atom stereocenters. The minimum absolute atomic E-state index is 0.0477. The highest BCUT2D eigenvalue weighted by Crippen LogP contribution is 2.40. The van der Waals surface area contributed by atoms with Gasteiger partial charge in [0.25, 0.3) is 0 Å². The van der Waals surface area contributed by atoms with Gasteiger partial charge in [-0.2, -0.15) is 0 Å². The SMILES string of the molecule is COc1ccc([C@H](Cc2c(Cl)c[n+](O)cc2Cl)c2cc(CN(C(=O)O[C@H]3CN4CCC3CC4)c3ccccc3OCC3CC3)ccc2C(=O)[O-])cc1OC. The zero-order valence-corrected chi connectivity index (χ0v) is 31.7. The molecule has 4 aromatic rings. The monoisotopic (exact) mass is 775 g/mol. The van der Waals surface area contributed by atoms with Gasteiger partial charge in [0.05, 0.1) is 39.0 Å². The minimum Gasteiger partial charge on any atom is -0.545 e. The molecule has 0 spiro atoms. The second-order valence-electron chi connectivity index (χ2n) is 14.3. The van der Waals surface area contributed by atoms with Crippen molar-refractivity contribution in [3.05, 3.63) is 111 Å². The second kappa shape index (κ2) is 16.3. The zero-order chi connectivity index (χ0) is 37.9. The number of carbonyl (C=O) groups is 2. The highest BCUT2D eigenvalue weighted by molar-refractivity contribution is 6.35. The van der Waals surface area contributed by atoms with Crippen LogP contribution < -0.4 is 28.9 Å². The third-order valence-electron chi connectivity index (χ3n) is 10.7. The van der Waals surface area contributed by atoms with Crippen LogP contribution in [0.25, 0.3) is 0 Å². The molecule has 1 N–H and O–H groups in total. The number of carboxylic acid groups (broad SMARTS) is 1. The number of nitrogens with zero attached hydrogens (tertiary/aromatic N) is 3. The van der Waals surface area contributed by atoms with Crippen molar-refractivity contribution in [2.75, 3.05) is 45.4 Å². The maximum Gasteiger partial charge on any atom is 0.415 e. The lowest BCUT2D eigenvalue weighted by Crippen LogP contribution is -2.53. The Morgan fingerprint density at radius 2 is 1.67 bits per heavy atom. The zero-order valence-electron chi connectivity index (χ0n) is 30.2. The molecule has 3 saturated heterocycles. The fourth-order valence-electron chi connectivity index (χ4n) is 7.56. The minimum atomic E-state index is -1.38. The number of amides is 1. The van der Waals surface area contributed by atoms with E-state index < -0.39 is 18.0 Å². The van der Waals surface area contributed by atoms with Crippen LogP contribution in [0.3, 0.4) is 0 Å². The Labute approximate surface area is 324 Å². The maximum atomic E-state index is 14.3. The summed E-state index contributed by atoms with van der Waals surface area (Å²) >= 11 is 13.2. The van der Waals surface area contributed by atoms with E-state index in [-0.39, 0.29) is 34.7 Å². The molecule has 3 aromatic carbocycles. The first kappa shape index (κ1) is 37.6. The van der Waals surface area contributed by atoms with E-state index in [9.17, 15) is 19.9 Å². The number of fused-ring (bicyclic) bond motifs is 3. The van der Waals surface area contributed by atoms with Gasteiger partial charge in [-0.3, -0.25) is 15.0 Å². The van der Waals surface area contributed by atoms with E-state index >= 15 is 0 Å². The molecule has 4 heterocycles. The molecule has 1 saturated carbocycles. The number of carboxylic acids is 1. The first-order valence-corrected chi connectivity index (χ1v) is 18.9. The molecule has 2 bridgehead atoms. The van der Waals surface area contributed by atoms with E-state index in [2.05, 4.69) is 4.90 Å². The van der Waals surface area contributed by atoms with Gasteiger partial charge in [-0.05, 0) is 98.0 Å². The Balaban J connectivity index is 1.30. The molecule has 284 valence electrons. The number of hydrogen-bond donors (Lipinski definition) is 1. The highest BCUT2D eigenvalue weighted by Gasteiger charge is 2.38. The van der Waals surface area contributed by atoms with Gasteiger partial charge in [0.1, 0.15) is 21.9 Å². The number of benzene rings is 3. The van der Waals surface area contributed by atoms with Gasteiger partial charge < -0.3 is 28.8 Å². The van der Waals surface area contributed by atoms with E-state index in [1.807, 2.05) is 30.3 Å². The fraction of sp³-hybridized carbons (Fsp3) is 0.390. The lowest BCUT2D eigenvalue weighted by molar-refractivity contribution is -0.904. The number of para-hydroxylation sites is 2. The van der Waals surface area contributed by atoms with E-state index in [0.29, 0.717) is 70.2 Å². The fourth-order valence-corrected chi connectivity index (χ4v) is 8.17. The summed E-state index contributed by atoms with van der Waals surface area (Å²) in [5.74, 6) is 0.254. The Kier molecular flexibility index (Phi) is 11.4. The van der Waals surface area contributed by atoms with Crippen LogP contribution >= 0.6 is 23.2 Å². The number of hydrogen-bond acceptors (Lipinski definition) is 9. The van der Waals surface area contributed by atoms with Gasteiger partial charge in [0.2, 0.25) is 12.4 Å². The summed E-state index contributed by atoms with van der Waals surface area (Å²) in [6.07, 6.45) is 6.22. The first-order valence-electron chi connectivity index (χ1n) is 18.2. The summed E-state index contributed by atoms with van der Waals surface area (Å²) in [7, 11) is 3.05. The van der Waals surface area contributed by atoms with Crippen LogP contribution in [0, 0.1) is 11.8 Å². The molecule has 3 aliphatic heterocycles. The average molecular weight is 777 g/mol. The smallest absolute Gasteiger partial charge is 0.415 e. The largest absolute Gasteiger partial charge is 0.545 e. The van der Waals surface area contributed by atoms with Crippen LogP contribution in [-0.4, -0.2) is 68.7 Å². The number of aromatic carboxylic acids is 1. The number of aromatic nitrogens is 1. The number of methoxy groups -OCH3 is 2. The molecule has 1 aliphatic carbocycles. The number of piperidine rings is 3.